The maximum Gasteiger partial charge on any atom is 0.162 e. The molecule has 5 rings (SSSR count). The molecule has 0 radical (unpaired) electrons. The van der Waals surface area contributed by atoms with E-state index in [2.05, 4.69) is 10.3 Å². The van der Waals surface area contributed by atoms with Crippen LogP contribution in [0, 0.1) is 5.82 Å². The molecule has 2 aromatic carbocycles. The molecule has 2 aromatic heterocycles. The smallest absolute Gasteiger partial charge is 0.162 e. The number of aromatic nitrogens is 3. The lowest BCUT2D eigenvalue weighted by molar-refractivity contribution is 0.462. The molecule has 0 aliphatic heterocycles. The van der Waals surface area contributed by atoms with E-state index in [0.717, 1.165) is 33.8 Å². The summed E-state index contributed by atoms with van der Waals surface area (Å²) in [6.07, 6.45) is 9.76. The lowest BCUT2D eigenvalue weighted by atomic mass is 9.95. The van der Waals surface area contributed by atoms with Crippen molar-refractivity contribution in [3.8, 4) is 33.8 Å². The molecule has 0 bridgehead atoms. The molecule has 0 saturated heterocycles. The zero-order chi connectivity index (χ0) is 21.8. The molecule has 1 aliphatic carbocycles. The Morgan fingerprint density at radius 3 is 2.25 bits per heavy atom. The van der Waals surface area contributed by atoms with Gasteiger partial charge in [-0.25, -0.2) is 14.4 Å². The fraction of sp³-hybridized carbons (Fsp3) is 0.222. The van der Waals surface area contributed by atoms with Gasteiger partial charge in [-0.1, -0.05) is 61.7 Å². The minimum atomic E-state index is -0.250. The molecular formula is C27H25FN4. The number of halogens is 1. The highest BCUT2D eigenvalue weighted by atomic mass is 19.1. The molecule has 1 saturated carbocycles. The summed E-state index contributed by atoms with van der Waals surface area (Å²) in [6, 6.07) is 21.0. The minimum absolute atomic E-state index is 0.250. The number of nitrogens with one attached hydrogen (secondary N) is 1. The van der Waals surface area contributed by atoms with Crippen LogP contribution in [0.1, 0.15) is 32.1 Å². The molecule has 0 atom stereocenters. The number of benzene rings is 2. The van der Waals surface area contributed by atoms with Crippen LogP contribution in [0.5, 0.6) is 0 Å². The van der Waals surface area contributed by atoms with E-state index in [0.29, 0.717) is 11.9 Å². The van der Waals surface area contributed by atoms with Crippen LogP contribution in [-0.4, -0.2) is 21.0 Å². The van der Waals surface area contributed by atoms with E-state index in [1.807, 2.05) is 48.7 Å². The maximum absolute atomic E-state index is 13.3. The Balaban J connectivity index is 1.54. The van der Waals surface area contributed by atoms with E-state index < -0.39 is 0 Å². The second-order valence-corrected chi connectivity index (χ2v) is 8.28. The monoisotopic (exact) mass is 424 g/mol. The molecule has 1 fully saturated rings. The number of hydrogen-bond donors (Lipinski definition) is 1. The summed E-state index contributed by atoms with van der Waals surface area (Å²) >= 11 is 0. The Hall–Kier alpha value is -3.60. The fourth-order valence-electron chi connectivity index (χ4n) is 4.22. The van der Waals surface area contributed by atoms with Crippen molar-refractivity contribution in [1.29, 1.82) is 0 Å². The van der Waals surface area contributed by atoms with Gasteiger partial charge in [-0.3, -0.25) is 4.98 Å². The molecule has 160 valence electrons. The van der Waals surface area contributed by atoms with Crippen molar-refractivity contribution in [2.24, 2.45) is 0 Å². The van der Waals surface area contributed by atoms with Gasteiger partial charge in [-0.05, 0) is 36.6 Å². The highest BCUT2D eigenvalue weighted by molar-refractivity contribution is 5.72. The summed E-state index contributed by atoms with van der Waals surface area (Å²) in [5.74, 6) is 1.28. The minimum Gasteiger partial charge on any atom is -0.367 e. The molecule has 2 heterocycles. The standard InChI is InChI=1S/C27H25FN4/c28-23-13-11-19(12-14-23)21-15-22(18-29-17-21)25-16-26(30-24-9-5-2-6-10-24)32-27(31-25)20-7-3-1-4-8-20/h1,3-4,7-8,11-18,24H,2,5-6,9-10H2,(H,30,31,32). The van der Waals surface area contributed by atoms with E-state index >= 15 is 0 Å². The van der Waals surface area contributed by atoms with Crippen molar-refractivity contribution in [2.75, 3.05) is 5.32 Å². The fourth-order valence-corrected chi connectivity index (χ4v) is 4.22. The molecule has 0 amide bonds. The summed E-state index contributed by atoms with van der Waals surface area (Å²) in [5, 5.41) is 3.64. The van der Waals surface area contributed by atoms with E-state index in [9.17, 15) is 4.39 Å². The molecular weight excluding hydrogens is 399 g/mol. The highest BCUT2D eigenvalue weighted by Crippen LogP contribution is 2.29. The van der Waals surface area contributed by atoms with Gasteiger partial charge in [-0.15, -0.1) is 0 Å². The van der Waals surface area contributed by atoms with Gasteiger partial charge >= 0.3 is 0 Å². The average Bonchev–Trinajstić information content (AvgIpc) is 2.85. The van der Waals surface area contributed by atoms with Crippen molar-refractivity contribution in [1.82, 2.24) is 15.0 Å². The number of nitrogens with zero attached hydrogens (tertiary/aromatic N) is 3. The molecule has 1 N–H and O–H groups in total. The Bertz CT molecular complexity index is 1190. The molecule has 0 spiro atoms. The van der Waals surface area contributed by atoms with Crippen LogP contribution in [0.3, 0.4) is 0 Å². The summed E-state index contributed by atoms with van der Waals surface area (Å²) in [6.45, 7) is 0. The van der Waals surface area contributed by atoms with Gasteiger partial charge in [-0.2, -0.15) is 0 Å². The van der Waals surface area contributed by atoms with E-state index in [4.69, 9.17) is 9.97 Å². The van der Waals surface area contributed by atoms with E-state index in [-0.39, 0.29) is 5.82 Å². The Morgan fingerprint density at radius 2 is 1.47 bits per heavy atom. The van der Waals surface area contributed by atoms with Crippen molar-refractivity contribution in [3.63, 3.8) is 0 Å². The van der Waals surface area contributed by atoms with Crippen LogP contribution in [0.2, 0.25) is 0 Å². The molecule has 0 unspecified atom stereocenters. The third-order valence-electron chi connectivity index (χ3n) is 5.93. The van der Waals surface area contributed by atoms with Gasteiger partial charge < -0.3 is 5.32 Å². The third-order valence-corrected chi connectivity index (χ3v) is 5.93. The first-order chi connectivity index (χ1) is 15.7. The molecule has 4 nitrogen and oxygen atoms in total. The molecule has 4 aromatic rings. The number of hydrogen-bond acceptors (Lipinski definition) is 4. The summed E-state index contributed by atoms with van der Waals surface area (Å²) < 4.78 is 13.3. The van der Waals surface area contributed by atoms with Crippen molar-refractivity contribution in [2.45, 2.75) is 38.1 Å². The normalized spacial score (nSPS) is 14.3. The van der Waals surface area contributed by atoms with Crippen LogP contribution in [0.25, 0.3) is 33.8 Å². The first-order valence-corrected chi connectivity index (χ1v) is 11.2. The first kappa shape index (κ1) is 20.3. The van der Waals surface area contributed by atoms with Gasteiger partial charge in [0.2, 0.25) is 0 Å². The number of pyridine rings is 1. The predicted molar refractivity (Wildman–Crippen MR) is 127 cm³/mol. The van der Waals surface area contributed by atoms with Crippen molar-refractivity contribution >= 4 is 5.82 Å². The van der Waals surface area contributed by atoms with Gasteiger partial charge in [0, 0.05) is 41.2 Å². The maximum atomic E-state index is 13.3. The average molecular weight is 425 g/mol. The summed E-state index contributed by atoms with van der Waals surface area (Å²) in [7, 11) is 0. The lowest BCUT2D eigenvalue weighted by Crippen LogP contribution is -2.23. The first-order valence-electron chi connectivity index (χ1n) is 11.2. The Kier molecular flexibility index (Phi) is 5.88. The van der Waals surface area contributed by atoms with Gasteiger partial charge in [0.25, 0.3) is 0 Å². The van der Waals surface area contributed by atoms with Gasteiger partial charge in [0.15, 0.2) is 5.82 Å². The molecule has 32 heavy (non-hydrogen) atoms. The van der Waals surface area contributed by atoms with E-state index in [1.165, 1.54) is 44.2 Å². The summed E-state index contributed by atoms with van der Waals surface area (Å²) in [4.78, 5) is 14.1. The second kappa shape index (κ2) is 9.27. The lowest BCUT2D eigenvalue weighted by Gasteiger charge is -2.23. The molecule has 1 aliphatic rings. The predicted octanol–water partition coefficient (Wildman–Crippen LogP) is 6.76. The van der Waals surface area contributed by atoms with Crippen molar-refractivity contribution in [3.05, 3.63) is 84.9 Å². The van der Waals surface area contributed by atoms with Crippen LogP contribution >= 0.6 is 0 Å². The third kappa shape index (κ3) is 4.67. The number of rotatable bonds is 5. The van der Waals surface area contributed by atoms with Crippen LogP contribution < -0.4 is 5.32 Å². The summed E-state index contributed by atoms with van der Waals surface area (Å²) in [5.41, 5.74) is 4.53. The highest BCUT2D eigenvalue weighted by Gasteiger charge is 2.16. The Morgan fingerprint density at radius 1 is 0.719 bits per heavy atom. The topological polar surface area (TPSA) is 50.7 Å². The molecule has 5 heteroatoms. The zero-order valence-electron chi connectivity index (χ0n) is 17.8. The van der Waals surface area contributed by atoms with Gasteiger partial charge in [0.1, 0.15) is 11.6 Å². The van der Waals surface area contributed by atoms with Gasteiger partial charge in [0.05, 0.1) is 5.69 Å². The quantitative estimate of drug-likeness (QED) is 0.385. The van der Waals surface area contributed by atoms with Crippen LogP contribution in [0.4, 0.5) is 10.2 Å². The second-order valence-electron chi connectivity index (χ2n) is 8.28. The van der Waals surface area contributed by atoms with Crippen molar-refractivity contribution < 1.29 is 4.39 Å². The Labute approximate surface area is 187 Å². The van der Waals surface area contributed by atoms with Crippen LogP contribution in [-0.2, 0) is 0 Å². The van der Waals surface area contributed by atoms with Crippen LogP contribution in [0.15, 0.2) is 79.1 Å². The van der Waals surface area contributed by atoms with E-state index in [1.54, 1.807) is 18.3 Å². The largest absolute Gasteiger partial charge is 0.367 e. The zero-order valence-corrected chi connectivity index (χ0v) is 17.8. The SMILES string of the molecule is Fc1ccc(-c2cncc(-c3cc(NC4CCCCC4)nc(-c4ccccc4)n3)c2)cc1. The number of anilines is 1.